The number of halogens is 1. The maximum Gasteiger partial charge on any atom is 0.313 e. The van der Waals surface area contributed by atoms with Crippen LogP contribution in [-0.4, -0.2) is 42.5 Å². The largest absolute Gasteiger partial charge is 0.380 e. The lowest BCUT2D eigenvalue weighted by atomic mass is 10.2. The summed E-state index contributed by atoms with van der Waals surface area (Å²) >= 11 is 0. The molecule has 1 aromatic rings. The smallest absolute Gasteiger partial charge is 0.313 e. The first kappa shape index (κ1) is 15.4. The maximum absolute atomic E-state index is 13.8. The van der Waals surface area contributed by atoms with Crippen molar-refractivity contribution in [3.05, 3.63) is 29.6 Å². The molecule has 1 atom stereocenters. The van der Waals surface area contributed by atoms with Gasteiger partial charge in [-0.2, -0.15) is 0 Å². The molecule has 2 amide bonds. The fourth-order valence-electron chi connectivity index (χ4n) is 2.25. The van der Waals surface area contributed by atoms with Crippen molar-refractivity contribution in [1.82, 2.24) is 4.90 Å². The minimum Gasteiger partial charge on any atom is -0.380 e. The highest BCUT2D eigenvalue weighted by atomic mass is 19.1. The van der Waals surface area contributed by atoms with E-state index in [9.17, 15) is 14.0 Å². The van der Waals surface area contributed by atoms with Gasteiger partial charge in [0.25, 0.3) is 0 Å². The molecule has 0 aliphatic carbocycles. The average molecular weight is 294 g/mol. The number of ether oxygens (including phenoxy) is 1. The Kier molecular flexibility index (Phi) is 4.90. The quantitative estimate of drug-likeness (QED) is 0.802. The lowest BCUT2D eigenvalue weighted by Gasteiger charge is -2.25. The van der Waals surface area contributed by atoms with Crippen LogP contribution in [-0.2, 0) is 14.3 Å². The van der Waals surface area contributed by atoms with Crippen LogP contribution in [0, 0.1) is 12.7 Å². The molecular weight excluding hydrogens is 275 g/mol. The topological polar surface area (TPSA) is 58.6 Å². The minimum absolute atomic E-state index is 0.0204. The summed E-state index contributed by atoms with van der Waals surface area (Å²) in [4.78, 5) is 25.7. The van der Waals surface area contributed by atoms with Gasteiger partial charge in [0, 0.05) is 19.2 Å². The molecule has 1 fully saturated rings. The van der Waals surface area contributed by atoms with Gasteiger partial charge >= 0.3 is 11.8 Å². The molecule has 6 heteroatoms. The lowest BCUT2D eigenvalue weighted by molar-refractivity contribution is -0.144. The number of aryl methyl sites for hydroxylation is 1. The zero-order valence-corrected chi connectivity index (χ0v) is 12.2. The number of carbonyl (C=O) groups excluding carboxylic acids is 2. The third kappa shape index (κ3) is 3.58. The zero-order valence-electron chi connectivity index (χ0n) is 12.2. The van der Waals surface area contributed by atoms with Gasteiger partial charge in [-0.25, -0.2) is 4.39 Å². The normalized spacial score (nSPS) is 19.0. The van der Waals surface area contributed by atoms with Gasteiger partial charge in [0.05, 0.1) is 12.3 Å². The van der Waals surface area contributed by atoms with E-state index < -0.39 is 17.6 Å². The molecule has 1 aliphatic rings. The van der Waals surface area contributed by atoms with Crippen LogP contribution in [0.1, 0.15) is 18.9 Å². The van der Waals surface area contributed by atoms with Crippen molar-refractivity contribution in [3.8, 4) is 0 Å². The number of nitrogens with one attached hydrogen (secondary N) is 1. The Morgan fingerprint density at radius 2 is 2.14 bits per heavy atom. The third-order valence-electron chi connectivity index (χ3n) is 3.58. The van der Waals surface area contributed by atoms with Crippen molar-refractivity contribution < 1.29 is 18.7 Å². The van der Waals surface area contributed by atoms with E-state index in [1.54, 1.807) is 19.1 Å². The predicted molar refractivity (Wildman–Crippen MR) is 76.4 cm³/mol. The van der Waals surface area contributed by atoms with Crippen molar-refractivity contribution in [3.63, 3.8) is 0 Å². The first-order valence-corrected chi connectivity index (χ1v) is 6.95. The molecule has 1 aliphatic heterocycles. The molecule has 1 aromatic carbocycles. The maximum atomic E-state index is 13.8. The van der Waals surface area contributed by atoms with Gasteiger partial charge < -0.3 is 15.0 Å². The summed E-state index contributed by atoms with van der Waals surface area (Å²) < 4.78 is 19.1. The van der Waals surface area contributed by atoms with Crippen LogP contribution < -0.4 is 5.32 Å². The highest BCUT2D eigenvalue weighted by Crippen LogP contribution is 2.17. The van der Waals surface area contributed by atoms with Gasteiger partial charge in [0.1, 0.15) is 5.82 Å². The highest BCUT2D eigenvalue weighted by Gasteiger charge is 2.28. The van der Waals surface area contributed by atoms with Crippen molar-refractivity contribution in [2.75, 3.05) is 25.1 Å². The summed E-state index contributed by atoms with van der Waals surface area (Å²) in [5, 5.41) is 2.34. The van der Waals surface area contributed by atoms with Crippen LogP contribution in [0.15, 0.2) is 18.2 Å². The summed E-state index contributed by atoms with van der Waals surface area (Å²) in [5.74, 6) is -2.01. The molecule has 5 nitrogen and oxygen atoms in total. The SMILES string of the molecule is Cc1cccc(NC(=O)C(=O)N2CCOCC[C@H]2C)c1F. The number of nitrogens with zero attached hydrogens (tertiary/aromatic N) is 1. The van der Waals surface area contributed by atoms with Crippen LogP contribution in [0.5, 0.6) is 0 Å². The van der Waals surface area contributed by atoms with Crippen LogP contribution >= 0.6 is 0 Å². The molecule has 21 heavy (non-hydrogen) atoms. The third-order valence-corrected chi connectivity index (χ3v) is 3.58. The second kappa shape index (κ2) is 6.67. The van der Waals surface area contributed by atoms with Crippen molar-refractivity contribution in [1.29, 1.82) is 0 Å². The fourth-order valence-corrected chi connectivity index (χ4v) is 2.25. The number of rotatable bonds is 1. The van der Waals surface area contributed by atoms with Crippen LogP contribution in [0.3, 0.4) is 0 Å². The molecule has 0 saturated carbocycles. The minimum atomic E-state index is -0.826. The number of carbonyl (C=O) groups is 2. The van der Waals surface area contributed by atoms with Gasteiger partial charge in [-0.1, -0.05) is 12.1 Å². The molecule has 1 N–H and O–H groups in total. The Labute approximate surface area is 123 Å². The van der Waals surface area contributed by atoms with Gasteiger partial charge in [0.15, 0.2) is 0 Å². The number of benzene rings is 1. The Bertz CT molecular complexity index is 548. The van der Waals surface area contributed by atoms with Gasteiger partial charge in [-0.15, -0.1) is 0 Å². The summed E-state index contributed by atoms with van der Waals surface area (Å²) in [5.41, 5.74) is 0.434. The fraction of sp³-hybridized carbons (Fsp3) is 0.467. The van der Waals surface area contributed by atoms with Gasteiger partial charge in [-0.3, -0.25) is 9.59 Å². The zero-order chi connectivity index (χ0) is 15.4. The standard InChI is InChI=1S/C15H19FN2O3/c1-10-4-3-5-12(13(10)16)17-14(19)15(20)18-7-9-21-8-6-11(18)2/h3-5,11H,6-9H2,1-2H3,(H,17,19)/t11-/m1/s1. The first-order chi connectivity index (χ1) is 10.0. The molecule has 1 saturated heterocycles. The van der Waals surface area contributed by atoms with E-state index in [0.29, 0.717) is 31.7 Å². The van der Waals surface area contributed by atoms with E-state index in [4.69, 9.17) is 4.74 Å². The van der Waals surface area contributed by atoms with E-state index >= 15 is 0 Å². The van der Waals surface area contributed by atoms with Crippen LogP contribution in [0.25, 0.3) is 0 Å². The lowest BCUT2D eigenvalue weighted by Crippen LogP contribution is -2.45. The van der Waals surface area contributed by atoms with E-state index in [-0.39, 0.29) is 11.7 Å². The van der Waals surface area contributed by atoms with Crippen molar-refractivity contribution in [2.45, 2.75) is 26.3 Å². The Hall–Kier alpha value is -1.95. The van der Waals surface area contributed by atoms with Crippen molar-refractivity contribution in [2.24, 2.45) is 0 Å². The molecule has 2 rings (SSSR count). The van der Waals surface area contributed by atoms with Gasteiger partial charge in [0.2, 0.25) is 0 Å². The average Bonchev–Trinajstić information content (AvgIpc) is 2.67. The number of anilines is 1. The number of hydrogen-bond acceptors (Lipinski definition) is 3. The number of amides is 2. The van der Waals surface area contributed by atoms with E-state index in [2.05, 4.69) is 5.32 Å². The number of hydrogen-bond donors (Lipinski definition) is 1. The van der Waals surface area contributed by atoms with E-state index in [0.717, 1.165) is 0 Å². The molecular formula is C15H19FN2O3. The van der Waals surface area contributed by atoms with Crippen LogP contribution in [0.4, 0.5) is 10.1 Å². The molecule has 0 spiro atoms. The Morgan fingerprint density at radius 3 is 2.90 bits per heavy atom. The van der Waals surface area contributed by atoms with Crippen molar-refractivity contribution >= 4 is 17.5 Å². The second-order valence-electron chi connectivity index (χ2n) is 5.14. The Morgan fingerprint density at radius 1 is 1.38 bits per heavy atom. The molecule has 0 unspecified atom stereocenters. The monoisotopic (exact) mass is 294 g/mol. The molecule has 114 valence electrons. The predicted octanol–water partition coefficient (Wildman–Crippen LogP) is 1.71. The molecule has 0 radical (unpaired) electrons. The molecule has 0 bridgehead atoms. The summed E-state index contributed by atoms with van der Waals surface area (Å²) in [6, 6.07) is 4.58. The van der Waals surface area contributed by atoms with E-state index in [1.165, 1.54) is 11.0 Å². The molecule has 1 heterocycles. The van der Waals surface area contributed by atoms with E-state index in [1.807, 2.05) is 6.92 Å². The van der Waals surface area contributed by atoms with Gasteiger partial charge in [-0.05, 0) is 31.9 Å². The second-order valence-corrected chi connectivity index (χ2v) is 5.14. The van der Waals surface area contributed by atoms with Crippen LogP contribution in [0.2, 0.25) is 0 Å². The summed E-state index contributed by atoms with van der Waals surface area (Å²) in [7, 11) is 0. The summed E-state index contributed by atoms with van der Waals surface area (Å²) in [6.45, 7) is 4.80. The Balaban J connectivity index is 2.08. The summed E-state index contributed by atoms with van der Waals surface area (Å²) in [6.07, 6.45) is 0.678. The molecule has 0 aromatic heterocycles. The highest BCUT2D eigenvalue weighted by molar-refractivity contribution is 6.39. The first-order valence-electron chi connectivity index (χ1n) is 6.95.